The molecule has 0 N–H and O–H groups in total. The molecule has 0 fully saturated rings. The van der Waals surface area contributed by atoms with E-state index in [9.17, 15) is 14.4 Å². The zero-order valence-corrected chi connectivity index (χ0v) is 28.5. The Morgan fingerprint density at radius 3 is 1.77 bits per heavy atom. The lowest BCUT2D eigenvalue weighted by Crippen LogP contribution is -2.15. The zero-order chi connectivity index (χ0) is 33.7. The second-order valence-corrected chi connectivity index (χ2v) is 12.0. The largest absolute Gasteiger partial charge is 0.494 e. The minimum absolute atomic E-state index is 0.0826. The first-order valence-corrected chi connectivity index (χ1v) is 17.4. The molecule has 0 aromatic heterocycles. The van der Waals surface area contributed by atoms with Gasteiger partial charge in [0, 0.05) is 6.42 Å². The first-order chi connectivity index (χ1) is 22.9. The number of ether oxygens (including phenoxy) is 4. The monoisotopic (exact) mass is 644 g/mol. The lowest BCUT2D eigenvalue weighted by atomic mass is 10.0. The molecule has 1 unspecified atom stereocenters. The van der Waals surface area contributed by atoms with E-state index >= 15 is 0 Å². The van der Waals surface area contributed by atoms with Crippen LogP contribution in [-0.4, -0.2) is 37.2 Å². The number of carbonyl (C=O) groups is 3. The van der Waals surface area contributed by atoms with Gasteiger partial charge in [0.1, 0.15) is 11.5 Å². The smallest absolute Gasteiger partial charge is 0.343 e. The first kappa shape index (κ1) is 37.3. The SMILES string of the molecule is CCCCCCC(C)OC(=O)c1ccc(OC(=O)c2ccc(-c3ccc(OCCCCCCOC(=O)CCCCC)cc3)cc2)cc1. The van der Waals surface area contributed by atoms with E-state index in [-0.39, 0.29) is 18.0 Å². The maximum Gasteiger partial charge on any atom is 0.343 e. The van der Waals surface area contributed by atoms with Crippen LogP contribution < -0.4 is 9.47 Å². The van der Waals surface area contributed by atoms with Gasteiger partial charge in [-0.05, 0) is 112 Å². The summed E-state index contributed by atoms with van der Waals surface area (Å²) >= 11 is 0. The second-order valence-electron chi connectivity index (χ2n) is 12.0. The van der Waals surface area contributed by atoms with Crippen molar-refractivity contribution in [2.75, 3.05) is 13.2 Å². The molecule has 254 valence electrons. The summed E-state index contributed by atoms with van der Waals surface area (Å²) < 4.78 is 22.2. The molecule has 0 aliphatic heterocycles. The van der Waals surface area contributed by atoms with Gasteiger partial charge in [0.15, 0.2) is 0 Å². The summed E-state index contributed by atoms with van der Waals surface area (Å²) in [5, 5.41) is 0. The van der Waals surface area contributed by atoms with Gasteiger partial charge in [0.2, 0.25) is 0 Å². The maximum absolute atomic E-state index is 12.7. The van der Waals surface area contributed by atoms with Gasteiger partial charge in [-0.2, -0.15) is 0 Å². The molecule has 1 atom stereocenters. The van der Waals surface area contributed by atoms with Crippen LogP contribution in [0.25, 0.3) is 11.1 Å². The molecule has 0 amide bonds. The van der Waals surface area contributed by atoms with Gasteiger partial charge in [0.25, 0.3) is 0 Å². The summed E-state index contributed by atoms with van der Waals surface area (Å²) in [6.45, 7) is 7.35. The Bertz CT molecular complexity index is 1330. The molecule has 7 nitrogen and oxygen atoms in total. The highest BCUT2D eigenvalue weighted by Gasteiger charge is 2.14. The fourth-order valence-electron chi connectivity index (χ4n) is 5.06. The third kappa shape index (κ3) is 14.4. The van der Waals surface area contributed by atoms with Crippen LogP contribution in [0.5, 0.6) is 11.5 Å². The van der Waals surface area contributed by atoms with Gasteiger partial charge in [0.05, 0.1) is 30.4 Å². The quantitative estimate of drug-likeness (QED) is 0.0611. The molecule has 0 aliphatic rings. The van der Waals surface area contributed by atoms with Crippen molar-refractivity contribution < 1.29 is 33.3 Å². The fraction of sp³-hybridized carbons (Fsp3) is 0.475. The van der Waals surface area contributed by atoms with Gasteiger partial charge in [-0.3, -0.25) is 4.79 Å². The highest BCUT2D eigenvalue weighted by molar-refractivity contribution is 5.92. The number of carbonyl (C=O) groups excluding carboxylic acids is 3. The van der Waals surface area contributed by atoms with Crippen LogP contribution in [0.1, 0.15) is 125 Å². The van der Waals surface area contributed by atoms with Gasteiger partial charge in [-0.1, -0.05) is 70.2 Å². The summed E-state index contributed by atoms with van der Waals surface area (Å²) in [5.41, 5.74) is 2.84. The lowest BCUT2D eigenvalue weighted by molar-refractivity contribution is -0.143. The molecule has 0 saturated carbocycles. The van der Waals surface area contributed by atoms with E-state index in [4.69, 9.17) is 18.9 Å². The predicted molar refractivity (Wildman–Crippen MR) is 186 cm³/mol. The number of hydrogen-bond donors (Lipinski definition) is 0. The van der Waals surface area contributed by atoms with Crippen molar-refractivity contribution >= 4 is 17.9 Å². The number of hydrogen-bond acceptors (Lipinski definition) is 7. The van der Waals surface area contributed by atoms with Crippen LogP contribution in [0.4, 0.5) is 0 Å². The molecular formula is C40H52O7. The summed E-state index contributed by atoms with van der Waals surface area (Å²) in [6.07, 6.45) is 12.7. The van der Waals surface area contributed by atoms with Crippen molar-refractivity contribution in [3.8, 4) is 22.6 Å². The van der Waals surface area contributed by atoms with Crippen molar-refractivity contribution in [3.63, 3.8) is 0 Å². The number of esters is 3. The van der Waals surface area contributed by atoms with Crippen molar-refractivity contribution in [3.05, 3.63) is 83.9 Å². The Labute approximate surface area is 281 Å². The molecular weight excluding hydrogens is 592 g/mol. The van der Waals surface area contributed by atoms with Crippen molar-refractivity contribution in [1.82, 2.24) is 0 Å². The summed E-state index contributed by atoms with van der Waals surface area (Å²) in [7, 11) is 0. The standard InChI is InChI=1S/C40H52O7/c1-4-6-8-12-15-31(3)46-39(42)35-23-27-37(28-24-35)47-40(43)34-19-17-32(18-20-34)33-21-25-36(26-22-33)44-29-13-9-10-14-30-45-38(41)16-11-7-5-2/h17-28,31H,4-16,29-30H2,1-3H3. The minimum Gasteiger partial charge on any atom is -0.494 e. The third-order valence-electron chi connectivity index (χ3n) is 7.94. The van der Waals surface area contributed by atoms with Crippen molar-refractivity contribution in [2.24, 2.45) is 0 Å². The van der Waals surface area contributed by atoms with Gasteiger partial charge in [-0.25, -0.2) is 9.59 Å². The van der Waals surface area contributed by atoms with E-state index in [1.165, 1.54) is 12.8 Å². The molecule has 0 heterocycles. The maximum atomic E-state index is 12.7. The molecule has 7 heteroatoms. The summed E-state index contributed by atoms with van der Waals surface area (Å²) in [6, 6.07) is 21.6. The average molecular weight is 645 g/mol. The number of unbranched alkanes of at least 4 members (excludes halogenated alkanes) is 8. The zero-order valence-electron chi connectivity index (χ0n) is 28.5. The van der Waals surface area contributed by atoms with E-state index in [2.05, 4.69) is 13.8 Å². The van der Waals surface area contributed by atoms with Crippen LogP contribution >= 0.6 is 0 Å². The van der Waals surface area contributed by atoms with E-state index in [0.717, 1.165) is 81.1 Å². The van der Waals surface area contributed by atoms with Crippen molar-refractivity contribution in [2.45, 2.75) is 110 Å². The van der Waals surface area contributed by atoms with Crippen LogP contribution in [0, 0.1) is 0 Å². The third-order valence-corrected chi connectivity index (χ3v) is 7.94. The minimum atomic E-state index is -0.472. The van der Waals surface area contributed by atoms with Gasteiger partial charge in [-0.15, -0.1) is 0 Å². The Balaban J connectivity index is 1.35. The highest BCUT2D eigenvalue weighted by Crippen LogP contribution is 2.24. The Kier molecular flexibility index (Phi) is 17.2. The summed E-state index contributed by atoms with van der Waals surface area (Å²) in [5.74, 6) is 0.242. The molecule has 0 bridgehead atoms. The van der Waals surface area contributed by atoms with E-state index < -0.39 is 5.97 Å². The van der Waals surface area contributed by atoms with Crippen LogP contribution in [0.15, 0.2) is 72.8 Å². The number of rotatable bonds is 22. The van der Waals surface area contributed by atoms with E-state index in [0.29, 0.717) is 36.5 Å². The fourth-order valence-corrected chi connectivity index (χ4v) is 5.06. The van der Waals surface area contributed by atoms with Crippen molar-refractivity contribution in [1.29, 1.82) is 0 Å². The average Bonchev–Trinajstić information content (AvgIpc) is 3.08. The molecule has 0 aliphatic carbocycles. The Morgan fingerprint density at radius 1 is 0.574 bits per heavy atom. The van der Waals surface area contributed by atoms with Crippen LogP contribution in [-0.2, 0) is 14.3 Å². The summed E-state index contributed by atoms with van der Waals surface area (Å²) in [4.78, 5) is 36.8. The highest BCUT2D eigenvalue weighted by atomic mass is 16.5. The molecule has 3 aromatic carbocycles. The lowest BCUT2D eigenvalue weighted by Gasteiger charge is -2.13. The molecule has 0 radical (unpaired) electrons. The molecule has 3 rings (SSSR count). The number of benzene rings is 3. The topological polar surface area (TPSA) is 88.1 Å². The molecule has 47 heavy (non-hydrogen) atoms. The van der Waals surface area contributed by atoms with E-state index in [1.807, 2.05) is 43.3 Å². The predicted octanol–water partition coefficient (Wildman–Crippen LogP) is 10.2. The molecule has 0 spiro atoms. The molecule has 0 saturated heterocycles. The van der Waals surface area contributed by atoms with Crippen LogP contribution in [0.3, 0.4) is 0 Å². The van der Waals surface area contributed by atoms with E-state index in [1.54, 1.807) is 36.4 Å². The van der Waals surface area contributed by atoms with Gasteiger partial charge >= 0.3 is 17.9 Å². The van der Waals surface area contributed by atoms with Crippen LogP contribution in [0.2, 0.25) is 0 Å². The van der Waals surface area contributed by atoms with Gasteiger partial charge < -0.3 is 18.9 Å². The molecule has 3 aromatic rings. The normalized spacial score (nSPS) is 11.5. The Morgan fingerprint density at radius 2 is 1.11 bits per heavy atom. The Hall–Kier alpha value is -4.13. The first-order valence-electron chi connectivity index (χ1n) is 17.4. The second kappa shape index (κ2) is 21.6.